The molecule has 0 atom stereocenters. The fourth-order valence-electron chi connectivity index (χ4n) is 1.22. The predicted octanol–water partition coefficient (Wildman–Crippen LogP) is 3.88. The summed E-state index contributed by atoms with van der Waals surface area (Å²) in [6.07, 6.45) is 0. The fraction of sp³-hybridized carbons (Fsp3) is 0. The van der Waals surface area contributed by atoms with Crippen LogP contribution >= 0.6 is 27.3 Å². The van der Waals surface area contributed by atoms with Crippen molar-refractivity contribution in [3.63, 3.8) is 0 Å². The third kappa shape index (κ3) is 2.16. The molecule has 1 aromatic heterocycles. The lowest BCUT2D eigenvalue weighted by molar-refractivity contribution is 0.103. The van der Waals surface area contributed by atoms with Crippen LogP contribution in [0.2, 0.25) is 0 Å². The lowest BCUT2D eigenvalue weighted by atomic mass is 10.1. The molecule has 1 heterocycles. The van der Waals surface area contributed by atoms with E-state index in [1.807, 2.05) is 6.07 Å². The lowest BCUT2D eigenvalue weighted by Crippen LogP contribution is -1.99. The molecule has 2 aromatic rings. The normalized spacial score (nSPS) is 10.3. The molecule has 0 saturated heterocycles. The van der Waals surface area contributed by atoms with Gasteiger partial charge in [0, 0.05) is 5.56 Å². The van der Waals surface area contributed by atoms with Gasteiger partial charge in [0.2, 0.25) is 5.78 Å². The number of thiophene rings is 1. The van der Waals surface area contributed by atoms with Gasteiger partial charge in [-0.2, -0.15) is 0 Å². The van der Waals surface area contributed by atoms with Gasteiger partial charge < -0.3 is 0 Å². The van der Waals surface area contributed by atoms with E-state index in [1.54, 1.807) is 24.3 Å². The monoisotopic (exact) mass is 284 g/mol. The van der Waals surface area contributed by atoms with Crippen LogP contribution in [-0.4, -0.2) is 5.78 Å². The number of benzene rings is 1. The SMILES string of the molecule is O=C(c1ccccc1)c1sc(Br)cc1F. The minimum absolute atomic E-state index is 0.146. The van der Waals surface area contributed by atoms with Gasteiger partial charge in [0.05, 0.1) is 3.79 Å². The number of hydrogen-bond acceptors (Lipinski definition) is 2. The van der Waals surface area contributed by atoms with Crippen molar-refractivity contribution >= 4 is 33.0 Å². The van der Waals surface area contributed by atoms with E-state index in [0.29, 0.717) is 9.35 Å². The van der Waals surface area contributed by atoms with Gasteiger partial charge in [-0.1, -0.05) is 30.3 Å². The Morgan fingerprint density at radius 2 is 1.93 bits per heavy atom. The molecule has 0 aliphatic rings. The van der Waals surface area contributed by atoms with Crippen LogP contribution in [-0.2, 0) is 0 Å². The van der Waals surface area contributed by atoms with Crippen molar-refractivity contribution in [3.05, 3.63) is 56.4 Å². The molecule has 76 valence electrons. The molecule has 4 heteroatoms. The predicted molar refractivity (Wildman–Crippen MR) is 61.9 cm³/mol. The summed E-state index contributed by atoms with van der Waals surface area (Å²) in [7, 11) is 0. The molecule has 0 fully saturated rings. The first-order valence-corrected chi connectivity index (χ1v) is 5.84. The van der Waals surface area contributed by atoms with Crippen molar-refractivity contribution in [2.45, 2.75) is 0 Å². The Morgan fingerprint density at radius 1 is 1.27 bits per heavy atom. The summed E-state index contributed by atoms with van der Waals surface area (Å²) in [6, 6.07) is 9.99. The summed E-state index contributed by atoms with van der Waals surface area (Å²) in [4.78, 5) is 12.0. The van der Waals surface area contributed by atoms with Gasteiger partial charge in [-0.15, -0.1) is 11.3 Å². The summed E-state index contributed by atoms with van der Waals surface area (Å²) < 4.78 is 13.9. The van der Waals surface area contributed by atoms with Gasteiger partial charge in [0.1, 0.15) is 10.7 Å². The first kappa shape index (κ1) is 10.5. The summed E-state index contributed by atoms with van der Waals surface area (Å²) in [5.41, 5.74) is 0.505. The molecule has 0 N–H and O–H groups in total. The van der Waals surface area contributed by atoms with Gasteiger partial charge >= 0.3 is 0 Å². The molecular formula is C11H6BrFOS. The standard InChI is InChI=1S/C11H6BrFOS/c12-9-6-8(13)11(15-9)10(14)7-4-2-1-3-5-7/h1-6H. The number of halogens is 2. The van der Waals surface area contributed by atoms with E-state index in [4.69, 9.17) is 0 Å². The minimum atomic E-state index is -0.472. The van der Waals surface area contributed by atoms with E-state index in [0.717, 1.165) is 11.3 Å². The van der Waals surface area contributed by atoms with Gasteiger partial charge in [-0.05, 0) is 22.0 Å². The summed E-state index contributed by atoms with van der Waals surface area (Å²) in [5, 5.41) is 0. The maximum atomic E-state index is 13.3. The summed E-state index contributed by atoms with van der Waals surface area (Å²) in [5.74, 6) is -0.746. The van der Waals surface area contributed by atoms with E-state index in [1.165, 1.54) is 6.07 Å². The van der Waals surface area contributed by atoms with Gasteiger partial charge in [-0.25, -0.2) is 4.39 Å². The molecule has 0 aliphatic heterocycles. The molecule has 0 unspecified atom stereocenters. The zero-order chi connectivity index (χ0) is 10.8. The highest BCUT2D eigenvalue weighted by atomic mass is 79.9. The van der Waals surface area contributed by atoms with E-state index >= 15 is 0 Å². The molecule has 1 aromatic carbocycles. The average molecular weight is 285 g/mol. The van der Waals surface area contributed by atoms with Crippen LogP contribution in [0.3, 0.4) is 0 Å². The summed E-state index contributed by atoms with van der Waals surface area (Å²) >= 11 is 4.26. The molecule has 15 heavy (non-hydrogen) atoms. The second-order valence-corrected chi connectivity index (χ2v) is 5.35. The molecule has 0 bridgehead atoms. The zero-order valence-corrected chi connectivity index (χ0v) is 9.94. The van der Waals surface area contributed by atoms with E-state index in [9.17, 15) is 9.18 Å². The van der Waals surface area contributed by atoms with Crippen molar-refractivity contribution in [1.82, 2.24) is 0 Å². The molecule has 0 aliphatic carbocycles. The average Bonchev–Trinajstić information content (AvgIpc) is 2.58. The molecule has 2 rings (SSSR count). The molecule has 0 amide bonds. The Morgan fingerprint density at radius 3 is 2.47 bits per heavy atom. The largest absolute Gasteiger partial charge is 0.288 e. The van der Waals surface area contributed by atoms with Gasteiger partial charge in [0.15, 0.2) is 0 Å². The third-order valence-electron chi connectivity index (χ3n) is 1.90. The number of carbonyl (C=O) groups is 1. The van der Waals surface area contributed by atoms with Crippen LogP contribution in [0.15, 0.2) is 40.2 Å². The zero-order valence-electron chi connectivity index (χ0n) is 7.54. The second-order valence-electron chi connectivity index (χ2n) is 2.92. The highest BCUT2D eigenvalue weighted by molar-refractivity contribution is 9.11. The number of hydrogen-bond donors (Lipinski definition) is 0. The lowest BCUT2D eigenvalue weighted by Gasteiger charge is -1.96. The smallest absolute Gasteiger partial charge is 0.205 e. The Labute approximate surface area is 98.7 Å². The first-order chi connectivity index (χ1) is 7.18. The van der Waals surface area contributed by atoms with Gasteiger partial charge in [0.25, 0.3) is 0 Å². The topological polar surface area (TPSA) is 17.1 Å². The Bertz CT molecular complexity index is 493. The highest BCUT2D eigenvalue weighted by Gasteiger charge is 2.16. The van der Waals surface area contributed by atoms with Crippen LogP contribution in [0.25, 0.3) is 0 Å². The fourth-order valence-corrected chi connectivity index (χ4v) is 2.63. The molecule has 0 saturated carbocycles. The van der Waals surface area contributed by atoms with Crippen LogP contribution in [0, 0.1) is 5.82 Å². The maximum Gasteiger partial charge on any atom is 0.205 e. The van der Waals surface area contributed by atoms with E-state index in [2.05, 4.69) is 15.9 Å². The number of carbonyl (C=O) groups excluding carboxylic acids is 1. The maximum absolute atomic E-state index is 13.3. The van der Waals surface area contributed by atoms with Crippen molar-refractivity contribution in [3.8, 4) is 0 Å². The molecular weight excluding hydrogens is 279 g/mol. The van der Waals surface area contributed by atoms with Crippen molar-refractivity contribution in [2.24, 2.45) is 0 Å². The van der Waals surface area contributed by atoms with Crippen LogP contribution in [0.5, 0.6) is 0 Å². The van der Waals surface area contributed by atoms with Crippen LogP contribution < -0.4 is 0 Å². The highest BCUT2D eigenvalue weighted by Crippen LogP contribution is 2.27. The second kappa shape index (κ2) is 4.24. The van der Waals surface area contributed by atoms with Crippen molar-refractivity contribution < 1.29 is 9.18 Å². The molecule has 0 spiro atoms. The first-order valence-electron chi connectivity index (χ1n) is 4.23. The minimum Gasteiger partial charge on any atom is -0.288 e. The third-order valence-corrected chi connectivity index (χ3v) is 3.51. The number of rotatable bonds is 2. The van der Waals surface area contributed by atoms with Crippen LogP contribution in [0.4, 0.5) is 4.39 Å². The van der Waals surface area contributed by atoms with Crippen molar-refractivity contribution in [2.75, 3.05) is 0 Å². The van der Waals surface area contributed by atoms with Gasteiger partial charge in [-0.3, -0.25) is 4.79 Å². The molecule has 1 nitrogen and oxygen atoms in total. The Kier molecular flexibility index (Phi) is 2.98. The Balaban J connectivity index is 2.41. The molecule has 0 radical (unpaired) electrons. The number of ketones is 1. The quantitative estimate of drug-likeness (QED) is 0.765. The van der Waals surface area contributed by atoms with Crippen LogP contribution in [0.1, 0.15) is 15.2 Å². The van der Waals surface area contributed by atoms with Crippen molar-refractivity contribution in [1.29, 1.82) is 0 Å². The Hall–Kier alpha value is -1.00. The van der Waals surface area contributed by atoms with E-state index in [-0.39, 0.29) is 10.7 Å². The van der Waals surface area contributed by atoms with E-state index < -0.39 is 5.82 Å². The summed E-state index contributed by atoms with van der Waals surface area (Å²) in [6.45, 7) is 0.